The summed E-state index contributed by atoms with van der Waals surface area (Å²) in [6.45, 7) is 4.72. The van der Waals surface area contributed by atoms with Crippen molar-refractivity contribution < 1.29 is 0 Å². The Kier molecular flexibility index (Phi) is 9.09. The van der Waals surface area contributed by atoms with E-state index < -0.39 is 5.41 Å². The van der Waals surface area contributed by atoms with E-state index in [2.05, 4.69) is 267 Å². The third kappa shape index (κ3) is 5.90. The van der Waals surface area contributed by atoms with Gasteiger partial charge in [0.15, 0.2) is 0 Å². The van der Waals surface area contributed by atoms with Crippen LogP contribution in [0.4, 0.5) is 17.1 Å². The van der Waals surface area contributed by atoms with Crippen LogP contribution in [0.2, 0.25) is 0 Å². The van der Waals surface area contributed by atoms with Gasteiger partial charge in [0.1, 0.15) is 0 Å². The Morgan fingerprint density at radius 2 is 0.886 bits per heavy atom. The van der Waals surface area contributed by atoms with Crippen molar-refractivity contribution in [1.29, 1.82) is 0 Å². The van der Waals surface area contributed by atoms with E-state index in [1.54, 1.807) is 0 Å². The Balaban J connectivity index is 0.946. The fourth-order valence-electron chi connectivity index (χ4n) is 12.3. The molecule has 0 saturated heterocycles. The lowest BCUT2D eigenvalue weighted by Crippen LogP contribution is -2.28. The predicted octanol–water partition coefficient (Wildman–Crippen LogP) is 18.7. The maximum atomic E-state index is 2.49. The van der Waals surface area contributed by atoms with Gasteiger partial charge in [-0.1, -0.05) is 226 Å². The largest absolute Gasteiger partial charge is 0.310 e. The zero-order chi connectivity index (χ0) is 46.6. The minimum absolute atomic E-state index is 0.0690. The van der Waals surface area contributed by atoms with E-state index in [-0.39, 0.29) is 5.41 Å². The molecule has 12 aromatic rings. The van der Waals surface area contributed by atoms with Gasteiger partial charge in [0.25, 0.3) is 0 Å². The van der Waals surface area contributed by atoms with Crippen molar-refractivity contribution in [3.05, 3.63) is 282 Å². The van der Waals surface area contributed by atoms with Crippen molar-refractivity contribution in [2.45, 2.75) is 24.7 Å². The number of nitrogens with zero attached hydrogens (tertiary/aromatic N) is 1. The first-order valence-corrected chi connectivity index (χ1v) is 25.2. The Hall–Kier alpha value is -8.30. The van der Waals surface area contributed by atoms with Gasteiger partial charge in [-0.3, -0.25) is 0 Å². The fraction of sp³-hybridized carbons (Fsp3) is 0.0588. The maximum Gasteiger partial charge on any atom is 0.0714 e. The summed E-state index contributed by atoms with van der Waals surface area (Å²) in [5.74, 6) is 0. The summed E-state index contributed by atoms with van der Waals surface area (Å²) in [5, 5.41) is 5.22. The molecule has 0 aliphatic heterocycles. The molecule has 0 bridgehead atoms. The van der Waals surface area contributed by atoms with E-state index >= 15 is 0 Å². The normalized spacial score (nSPS) is 13.8. The maximum absolute atomic E-state index is 2.49. The monoisotopic (exact) mass is 909 g/mol. The summed E-state index contributed by atoms with van der Waals surface area (Å²) in [6, 6.07) is 92.9. The highest BCUT2D eigenvalue weighted by atomic mass is 32.1. The lowest BCUT2D eigenvalue weighted by Gasteiger charge is -2.34. The molecule has 11 aromatic carbocycles. The summed E-state index contributed by atoms with van der Waals surface area (Å²) in [7, 11) is 0. The van der Waals surface area contributed by atoms with Crippen molar-refractivity contribution in [3.63, 3.8) is 0 Å². The standard InChI is InChI=1S/C68H47NS/c1-67(2)59-27-13-11-23-54(59)55-41-36-47(43-62(55)67)44-31-37-50(38-32-44)69(51-39-33-46(34-40-51)53-25-15-26-56-57-42-35-45-17-9-10-22-52(45)66(57)70-65(53)56)63-30-16-29-61-64(63)58-24-12-14-28-60(58)68(61,48-18-5-3-6-19-48)49-20-7-4-8-21-49/h3-43H,1-2H3. The van der Waals surface area contributed by atoms with Gasteiger partial charge >= 0.3 is 0 Å². The predicted molar refractivity (Wildman–Crippen MR) is 297 cm³/mol. The molecule has 0 atom stereocenters. The molecular weight excluding hydrogens is 863 g/mol. The average molecular weight is 910 g/mol. The summed E-state index contributed by atoms with van der Waals surface area (Å²) >= 11 is 1.91. The number of benzene rings is 11. The molecule has 0 unspecified atom stereocenters. The molecule has 330 valence electrons. The summed E-state index contributed by atoms with van der Waals surface area (Å²) in [4.78, 5) is 2.49. The fourth-order valence-corrected chi connectivity index (χ4v) is 13.7. The average Bonchev–Trinajstić information content (AvgIpc) is 4.04. The first-order chi connectivity index (χ1) is 34.5. The molecule has 1 aromatic heterocycles. The Labute approximate surface area is 413 Å². The molecule has 1 heterocycles. The molecule has 0 N–H and O–H groups in total. The zero-order valence-electron chi connectivity index (χ0n) is 39.0. The van der Waals surface area contributed by atoms with E-state index in [1.165, 1.54) is 109 Å². The highest BCUT2D eigenvalue weighted by molar-refractivity contribution is 7.27. The summed E-state index contributed by atoms with van der Waals surface area (Å²) in [6.07, 6.45) is 0. The minimum atomic E-state index is -0.515. The van der Waals surface area contributed by atoms with E-state index in [0.29, 0.717) is 0 Å². The van der Waals surface area contributed by atoms with Crippen molar-refractivity contribution >= 4 is 59.3 Å². The molecule has 0 spiro atoms. The van der Waals surface area contributed by atoms with Crippen LogP contribution in [0.3, 0.4) is 0 Å². The van der Waals surface area contributed by atoms with Crippen molar-refractivity contribution in [2.75, 3.05) is 4.90 Å². The van der Waals surface area contributed by atoms with Gasteiger partial charge in [0.2, 0.25) is 0 Å². The molecule has 70 heavy (non-hydrogen) atoms. The van der Waals surface area contributed by atoms with Crippen molar-refractivity contribution in [3.8, 4) is 44.5 Å². The molecule has 0 saturated carbocycles. The quantitative estimate of drug-likeness (QED) is 0.154. The van der Waals surface area contributed by atoms with Gasteiger partial charge in [-0.2, -0.15) is 0 Å². The van der Waals surface area contributed by atoms with Gasteiger partial charge in [0, 0.05) is 42.5 Å². The van der Waals surface area contributed by atoms with Gasteiger partial charge in [-0.15, -0.1) is 11.3 Å². The van der Waals surface area contributed by atoms with Gasteiger partial charge < -0.3 is 4.90 Å². The Morgan fingerprint density at radius 3 is 1.63 bits per heavy atom. The molecule has 14 rings (SSSR count). The van der Waals surface area contributed by atoms with Crippen LogP contribution < -0.4 is 4.90 Å². The molecule has 0 amide bonds. The van der Waals surface area contributed by atoms with E-state index in [0.717, 1.165) is 17.1 Å². The molecule has 0 fully saturated rings. The molecule has 1 nitrogen and oxygen atoms in total. The third-order valence-electron chi connectivity index (χ3n) is 15.6. The van der Waals surface area contributed by atoms with Crippen LogP contribution in [0.15, 0.2) is 249 Å². The lowest BCUT2D eigenvalue weighted by atomic mass is 9.68. The van der Waals surface area contributed by atoms with Gasteiger partial charge in [0.05, 0.1) is 11.1 Å². The molecular formula is C68H47NS. The van der Waals surface area contributed by atoms with Crippen LogP contribution in [-0.2, 0) is 10.8 Å². The second-order valence-electron chi connectivity index (χ2n) is 19.5. The smallest absolute Gasteiger partial charge is 0.0714 e. The number of anilines is 3. The third-order valence-corrected chi connectivity index (χ3v) is 16.9. The first-order valence-electron chi connectivity index (χ1n) is 24.4. The number of thiophene rings is 1. The number of rotatable bonds is 7. The second-order valence-corrected chi connectivity index (χ2v) is 20.6. The molecule has 2 aliphatic rings. The van der Waals surface area contributed by atoms with E-state index in [1.807, 2.05) is 11.3 Å². The topological polar surface area (TPSA) is 3.24 Å². The Bertz CT molecular complexity index is 3970. The number of hydrogen-bond donors (Lipinski definition) is 0. The highest BCUT2D eigenvalue weighted by Crippen LogP contribution is 2.60. The summed E-state index contributed by atoms with van der Waals surface area (Å²) < 4.78 is 2.67. The van der Waals surface area contributed by atoms with Gasteiger partial charge in [-0.05, 0) is 119 Å². The van der Waals surface area contributed by atoms with Crippen LogP contribution in [0, 0.1) is 0 Å². The first kappa shape index (κ1) is 40.7. The highest BCUT2D eigenvalue weighted by Gasteiger charge is 2.47. The lowest BCUT2D eigenvalue weighted by molar-refractivity contribution is 0.660. The second kappa shape index (κ2) is 15.6. The SMILES string of the molecule is CC1(C)c2ccccc2-c2ccc(-c3ccc(N(c4ccc(-c5cccc6c5sc5c7ccccc7ccc65)cc4)c4cccc5c4-c4ccccc4C5(c4ccccc4)c4ccccc4)cc3)cc21. The minimum Gasteiger partial charge on any atom is -0.310 e. The van der Waals surface area contributed by atoms with Crippen LogP contribution in [0.1, 0.15) is 47.2 Å². The number of fused-ring (bicyclic) bond motifs is 11. The molecule has 0 radical (unpaired) electrons. The van der Waals surface area contributed by atoms with Crippen molar-refractivity contribution in [1.82, 2.24) is 0 Å². The zero-order valence-corrected chi connectivity index (χ0v) is 39.8. The number of hydrogen-bond acceptors (Lipinski definition) is 2. The van der Waals surface area contributed by atoms with Crippen LogP contribution in [0.25, 0.3) is 75.5 Å². The van der Waals surface area contributed by atoms with Crippen molar-refractivity contribution in [2.24, 2.45) is 0 Å². The van der Waals surface area contributed by atoms with Crippen LogP contribution in [-0.4, -0.2) is 0 Å². The van der Waals surface area contributed by atoms with Crippen LogP contribution >= 0.6 is 11.3 Å². The molecule has 2 heteroatoms. The van der Waals surface area contributed by atoms with Gasteiger partial charge in [-0.25, -0.2) is 0 Å². The van der Waals surface area contributed by atoms with Crippen LogP contribution in [0.5, 0.6) is 0 Å². The van der Waals surface area contributed by atoms with E-state index in [9.17, 15) is 0 Å². The summed E-state index contributed by atoms with van der Waals surface area (Å²) in [5.41, 5.74) is 20.7. The Morgan fingerprint density at radius 1 is 0.343 bits per heavy atom. The van der Waals surface area contributed by atoms with E-state index in [4.69, 9.17) is 0 Å². The molecule has 2 aliphatic carbocycles.